The lowest BCUT2D eigenvalue weighted by Crippen LogP contribution is -2.21. The van der Waals surface area contributed by atoms with Crippen LogP contribution in [0.15, 0.2) is 109 Å². The van der Waals surface area contributed by atoms with Gasteiger partial charge >= 0.3 is 7.32 Å². The van der Waals surface area contributed by atoms with E-state index < -0.39 is 7.32 Å². The van der Waals surface area contributed by atoms with Gasteiger partial charge in [0.15, 0.2) is 0 Å². The van der Waals surface area contributed by atoms with Gasteiger partial charge in [0.25, 0.3) is 0 Å². The topological polar surface area (TPSA) is 58.9 Å². The summed E-state index contributed by atoms with van der Waals surface area (Å²) in [5.41, 5.74) is 9.13. The zero-order valence-electron chi connectivity index (χ0n) is 23.2. The number of rotatable bonds is 5. The molecule has 0 spiro atoms. The van der Waals surface area contributed by atoms with Gasteiger partial charge in [-0.25, -0.2) is 0 Å². The van der Waals surface area contributed by atoms with Gasteiger partial charge in [0.1, 0.15) is 11.5 Å². The predicted octanol–water partition coefficient (Wildman–Crippen LogP) is 7.99. The molecule has 0 unspecified atom stereocenters. The van der Waals surface area contributed by atoms with Gasteiger partial charge in [0.2, 0.25) is 0 Å². The van der Waals surface area contributed by atoms with E-state index in [1.54, 1.807) is 13.2 Å². The van der Waals surface area contributed by atoms with Gasteiger partial charge in [0, 0.05) is 5.41 Å². The third kappa shape index (κ3) is 4.00. The summed E-state index contributed by atoms with van der Waals surface area (Å²) >= 11 is 0. The maximum atomic E-state index is 9.34. The van der Waals surface area contributed by atoms with Gasteiger partial charge in [-0.3, -0.25) is 0 Å². The summed E-state index contributed by atoms with van der Waals surface area (Å²) in [6.45, 7) is 4.42. The van der Waals surface area contributed by atoms with E-state index in [9.17, 15) is 10.0 Å². The van der Waals surface area contributed by atoms with Gasteiger partial charge in [0.05, 0.1) is 7.11 Å². The zero-order chi connectivity index (χ0) is 28.3. The molecule has 0 saturated heterocycles. The molecule has 6 aromatic rings. The zero-order valence-corrected chi connectivity index (χ0v) is 23.2. The van der Waals surface area contributed by atoms with Crippen molar-refractivity contribution < 1.29 is 19.4 Å². The second-order valence-electron chi connectivity index (χ2n) is 11.1. The monoisotopic (exact) mass is 536 g/mol. The molecule has 1 aliphatic rings. The van der Waals surface area contributed by atoms with Crippen molar-refractivity contribution >= 4 is 28.9 Å². The van der Waals surface area contributed by atoms with E-state index in [-0.39, 0.29) is 5.41 Å². The molecular formula is C36H29BO4. The Hall–Kier alpha value is -4.58. The van der Waals surface area contributed by atoms with Gasteiger partial charge in [-0.15, -0.1) is 0 Å². The van der Waals surface area contributed by atoms with Crippen molar-refractivity contribution in [3.8, 4) is 44.9 Å². The number of methoxy groups -OCH3 is 1. The van der Waals surface area contributed by atoms with Gasteiger partial charge < -0.3 is 19.4 Å². The molecule has 0 fully saturated rings. The minimum absolute atomic E-state index is 0.297. The van der Waals surface area contributed by atoms with Crippen LogP contribution in [0.1, 0.15) is 25.0 Å². The molecule has 0 amide bonds. The van der Waals surface area contributed by atoms with Gasteiger partial charge in [-0.05, 0) is 96.4 Å². The number of hydrogen-bond donors (Lipinski definition) is 2. The molecule has 1 aliphatic carbocycles. The standard InChI is InChI=1S/C36H29BO4/c1-36(2)32-20-23(14-18-26(32)27-19-17-25(21-33(27)36)41-37(38)39)35-30-10-6-4-8-28(30)34(29-9-5-7-11-31(29)35)22-12-15-24(40-3)16-13-22/h4-21,38-39H,1-3H3. The quantitative estimate of drug-likeness (QED) is 0.173. The van der Waals surface area contributed by atoms with Crippen molar-refractivity contribution in [3.05, 3.63) is 120 Å². The molecule has 6 aromatic carbocycles. The summed E-state index contributed by atoms with van der Waals surface area (Å²) in [7, 11) is -0.161. The molecule has 2 N–H and O–H groups in total. The fourth-order valence-electron chi connectivity index (χ4n) is 6.58. The molecule has 200 valence electrons. The second-order valence-corrected chi connectivity index (χ2v) is 11.1. The van der Waals surface area contributed by atoms with Gasteiger partial charge in [-0.2, -0.15) is 0 Å². The van der Waals surface area contributed by atoms with E-state index >= 15 is 0 Å². The lowest BCUT2D eigenvalue weighted by molar-refractivity contribution is 0.288. The van der Waals surface area contributed by atoms with Crippen molar-refractivity contribution in [1.29, 1.82) is 0 Å². The third-order valence-corrected chi connectivity index (χ3v) is 8.49. The molecule has 0 saturated carbocycles. The Morgan fingerprint density at radius 1 is 0.561 bits per heavy atom. The van der Waals surface area contributed by atoms with Crippen LogP contribution in [-0.2, 0) is 5.41 Å². The van der Waals surface area contributed by atoms with Crippen LogP contribution >= 0.6 is 0 Å². The van der Waals surface area contributed by atoms with E-state index in [1.165, 1.54) is 49.4 Å². The highest BCUT2D eigenvalue weighted by Gasteiger charge is 2.36. The minimum atomic E-state index is -1.85. The smallest absolute Gasteiger partial charge is 0.512 e. The number of fused-ring (bicyclic) bond motifs is 5. The summed E-state index contributed by atoms with van der Waals surface area (Å²) in [6.07, 6.45) is 0. The van der Waals surface area contributed by atoms with Crippen molar-refractivity contribution in [2.75, 3.05) is 7.11 Å². The van der Waals surface area contributed by atoms with E-state index in [0.717, 1.165) is 22.4 Å². The SMILES string of the molecule is COc1ccc(-c2c3ccccc3c(-c3ccc4c(c3)C(C)(C)c3cc(OB(O)O)ccc3-4)c3ccccc23)cc1. The molecule has 0 heterocycles. The Morgan fingerprint density at radius 2 is 1.02 bits per heavy atom. The van der Waals surface area contributed by atoms with Crippen LogP contribution in [0.5, 0.6) is 11.5 Å². The average Bonchev–Trinajstić information content (AvgIpc) is 3.21. The van der Waals surface area contributed by atoms with Crippen molar-refractivity contribution in [2.24, 2.45) is 0 Å². The lowest BCUT2D eigenvalue weighted by atomic mass is 9.80. The Bertz CT molecular complexity index is 1900. The summed E-state index contributed by atoms with van der Waals surface area (Å²) in [5, 5.41) is 23.5. The van der Waals surface area contributed by atoms with Gasteiger partial charge in [-0.1, -0.05) is 92.7 Å². The fourth-order valence-corrected chi connectivity index (χ4v) is 6.58. The van der Waals surface area contributed by atoms with Crippen LogP contribution in [-0.4, -0.2) is 24.5 Å². The number of hydrogen-bond acceptors (Lipinski definition) is 4. The van der Waals surface area contributed by atoms with Crippen LogP contribution < -0.4 is 9.39 Å². The molecule has 5 heteroatoms. The molecule has 7 rings (SSSR count). The first kappa shape index (κ1) is 25.4. The van der Waals surface area contributed by atoms with Crippen LogP contribution in [0.4, 0.5) is 0 Å². The summed E-state index contributed by atoms with van der Waals surface area (Å²) in [6, 6.07) is 38.1. The Labute approximate surface area is 239 Å². The van der Waals surface area contributed by atoms with E-state index in [0.29, 0.717) is 5.75 Å². The highest BCUT2D eigenvalue weighted by Crippen LogP contribution is 2.52. The normalized spacial score (nSPS) is 13.2. The van der Waals surface area contributed by atoms with Crippen LogP contribution in [0.3, 0.4) is 0 Å². The van der Waals surface area contributed by atoms with Crippen LogP contribution in [0.25, 0.3) is 54.9 Å². The fraction of sp³-hybridized carbons (Fsp3) is 0.111. The van der Waals surface area contributed by atoms with Crippen molar-refractivity contribution in [1.82, 2.24) is 0 Å². The molecule has 0 bridgehead atoms. The Balaban J connectivity index is 1.46. The third-order valence-electron chi connectivity index (χ3n) is 8.49. The van der Waals surface area contributed by atoms with Crippen molar-refractivity contribution in [3.63, 3.8) is 0 Å². The first-order valence-corrected chi connectivity index (χ1v) is 13.8. The maximum Gasteiger partial charge on any atom is 0.707 e. The van der Waals surface area contributed by atoms with E-state index in [4.69, 9.17) is 9.39 Å². The maximum absolute atomic E-state index is 9.34. The second kappa shape index (κ2) is 9.51. The molecule has 4 nitrogen and oxygen atoms in total. The first-order chi connectivity index (χ1) is 19.9. The molecule has 0 radical (unpaired) electrons. The Kier molecular flexibility index (Phi) is 5.89. The summed E-state index contributed by atoms with van der Waals surface area (Å²) < 4.78 is 10.6. The minimum Gasteiger partial charge on any atom is -0.512 e. The Morgan fingerprint density at radius 3 is 1.56 bits per heavy atom. The molecular weight excluding hydrogens is 507 g/mol. The van der Waals surface area contributed by atoms with E-state index in [1.807, 2.05) is 24.3 Å². The highest BCUT2D eigenvalue weighted by molar-refractivity contribution is 6.33. The highest BCUT2D eigenvalue weighted by atomic mass is 16.6. The summed E-state index contributed by atoms with van der Waals surface area (Å²) in [5.74, 6) is 1.28. The van der Waals surface area contributed by atoms with Crippen LogP contribution in [0, 0.1) is 0 Å². The summed E-state index contributed by atoms with van der Waals surface area (Å²) in [4.78, 5) is 0. The molecule has 41 heavy (non-hydrogen) atoms. The largest absolute Gasteiger partial charge is 0.707 e. The van der Waals surface area contributed by atoms with Crippen molar-refractivity contribution in [2.45, 2.75) is 19.3 Å². The number of benzene rings is 6. The average molecular weight is 536 g/mol. The first-order valence-electron chi connectivity index (χ1n) is 13.8. The number of ether oxygens (including phenoxy) is 1. The molecule has 0 atom stereocenters. The molecule has 0 aliphatic heterocycles. The molecule has 0 aromatic heterocycles. The van der Waals surface area contributed by atoms with E-state index in [2.05, 4.69) is 92.7 Å². The predicted molar refractivity (Wildman–Crippen MR) is 167 cm³/mol. The van der Waals surface area contributed by atoms with Crippen LogP contribution in [0.2, 0.25) is 0 Å². The lowest BCUT2D eigenvalue weighted by Gasteiger charge is -2.23.